The maximum absolute atomic E-state index is 12.6. The third-order valence-electron chi connectivity index (χ3n) is 9.54. The van der Waals surface area contributed by atoms with Crippen LogP contribution in [0.1, 0.15) is 200 Å². The Morgan fingerprint density at radius 2 is 0.962 bits per heavy atom. The van der Waals surface area contributed by atoms with Crippen molar-refractivity contribution < 1.29 is 42.1 Å². The van der Waals surface area contributed by atoms with Crippen LogP contribution in [0.4, 0.5) is 0 Å². The van der Waals surface area contributed by atoms with E-state index in [1.807, 2.05) is 21.1 Å². The topological polar surface area (TPSA) is 111 Å². The molecule has 0 rings (SSSR count). The number of hydrogen-bond acceptors (Lipinski definition) is 8. The molecule has 1 unspecified atom stereocenters. The fourth-order valence-corrected chi connectivity index (χ4v) is 6.79. The first kappa shape index (κ1) is 51.8. The second-order valence-corrected chi connectivity index (χ2v) is 17.5. The molecule has 0 aromatic heterocycles. The van der Waals surface area contributed by atoms with Gasteiger partial charge in [-0.15, -0.1) is 0 Å². The number of phosphoric acid groups is 1. The van der Waals surface area contributed by atoms with Crippen molar-refractivity contribution in [3.8, 4) is 0 Å². The van der Waals surface area contributed by atoms with Crippen molar-refractivity contribution >= 4 is 19.8 Å². The maximum atomic E-state index is 12.6. The van der Waals surface area contributed by atoms with E-state index in [0.717, 1.165) is 38.5 Å². The van der Waals surface area contributed by atoms with Gasteiger partial charge in [-0.05, 0) is 38.5 Å². The van der Waals surface area contributed by atoms with E-state index in [1.54, 1.807) is 0 Å². The minimum Gasteiger partial charge on any atom is -0.756 e. The summed E-state index contributed by atoms with van der Waals surface area (Å²) in [6.45, 7) is 4.22. The summed E-state index contributed by atoms with van der Waals surface area (Å²) in [5.41, 5.74) is 0. The molecule has 0 aromatic rings. The molecular formula is C43H84NO8P. The van der Waals surface area contributed by atoms with Gasteiger partial charge in [0.25, 0.3) is 7.82 Å². The number of carbonyl (C=O) groups excluding carboxylic acids is 2. The average Bonchev–Trinajstić information content (AvgIpc) is 3.10. The minimum absolute atomic E-state index is 0.0312. The highest BCUT2D eigenvalue weighted by atomic mass is 31.2. The third-order valence-corrected chi connectivity index (χ3v) is 10.5. The third kappa shape index (κ3) is 40.2. The van der Waals surface area contributed by atoms with Crippen LogP contribution in [-0.2, 0) is 32.7 Å². The van der Waals surface area contributed by atoms with Crippen LogP contribution < -0.4 is 4.89 Å². The van der Waals surface area contributed by atoms with E-state index in [2.05, 4.69) is 26.0 Å². The zero-order valence-electron chi connectivity index (χ0n) is 35.2. The van der Waals surface area contributed by atoms with Gasteiger partial charge < -0.3 is 27.9 Å². The van der Waals surface area contributed by atoms with Crippen molar-refractivity contribution in [3.63, 3.8) is 0 Å². The monoisotopic (exact) mass is 774 g/mol. The Morgan fingerprint density at radius 3 is 1.43 bits per heavy atom. The molecule has 0 spiro atoms. The Labute approximate surface area is 326 Å². The Kier molecular flexibility index (Phi) is 35.5. The highest BCUT2D eigenvalue weighted by Gasteiger charge is 2.21. The van der Waals surface area contributed by atoms with Crippen LogP contribution in [0.5, 0.6) is 0 Å². The van der Waals surface area contributed by atoms with E-state index in [1.165, 1.54) is 128 Å². The molecule has 2 atom stereocenters. The number of nitrogens with zero attached hydrogens (tertiary/aromatic N) is 1. The molecule has 0 N–H and O–H groups in total. The average molecular weight is 774 g/mol. The second kappa shape index (κ2) is 36.4. The van der Waals surface area contributed by atoms with Crippen LogP contribution in [0, 0.1) is 0 Å². The van der Waals surface area contributed by atoms with Crippen molar-refractivity contribution in [3.05, 3.63) is 12.2 Å². The smallest absolute Gasteiger partial charge is 0.306 e. The predicted molar refractivity (Wildman–Crippen MR) is 218 cm³/mol. The van der Waals surface area contributed by atoms with Crippen LogP contribution in [0.15, 0.2) is 12.2 Å². The molecule has 0 aliphatic heterocycles. The normalized spacial score (nSPS) is 13.7. The van der Waals surface area contributed by atoms with E-state index < -0.39 is 26.5 Å². The number of hydrogen-bond donors (Lipinski definition) is 0. The van der Waals surface area contributed by atoms with Gasteiger partial charge in [0.15, 0.2) is 6.10 Å². The van der Waals surface area contributed by atoms with Gasteiger partial charge in [0, 0.05) is 12.8 Å². The Morgan fingerprint density at radius 1 is 0.566 bits per heavy atom. The molecule has 9 nitrogen and oxygen atoms in total. The minimum atomic E-state index is -4.62. The van der Waals surface area contributed by atoms with Crippen LogP contribution >= 0.6 is 7.82 Å². The number of rotatable bonds is 40. The second-order valence-electron chi connectivity index (χ2n) is 16.1. The van der Waals surface area contributed by atoms with Gasteiger partial charge in [-0.25, -0.2) is 0 Å². The zero-order chi connectivity index (χ0) is 39.3. The molecule has 0 amide bonds. The van der Waals surface area contributed by atoms with Crippen LogP contribution in [0.2, 0.25) is 0 Å². The van der Waals surface area contributed by atoms with Crippen molar-refractivity contribution in [2.45, 2.75) is 206 Å². The Bertz CT molecular complexity index is 922. The van der Waals surface area contributed by atoms with Gasteiger partial charge in [0.2, 0.25) is 0 Å². The Hall–Kier alpha value is -1.25. The van der Waals surface area contributed by atoms with Crippen molar-refractivity contribution in [2.75, 3.05) is 47.5 Å². The highest BCUT2D eigenvalue weighted by molar-refractivity contribution is 7.45. The van der Waals surface area contributed by atoms with Gasteiger partial charge >= 0.3 is 11.9 Å². The number of allylic oxidation sites excluding steroid dienone is 2. The molecule has 0 aromatic carbocycles. The largest absolute Gasteiger partial charge is 0.756 e. The van der Waals surface area contributed by atoms with E-state index >= 15 is 0 Å². The first-order chi connectivity index (χ1) is 25.5. The van der Waals surface area contributed by atoms with E-state index in [-0.39, 0.29) is 32.0 Å². The summed E-state index contributed by atoms with van der Waals surface area (Å²) in [6, 6.07) is 0. The highest BCUT2D eigenvalue weighted by Crippen LogP contribution is 2.38. The number of likely N-dealkylation sites (N-methyl/N-ethyl adjacent to an activating group) is 1. The number of esters is 2. The van der Waals surface area contributed by atoms with E-state index in [0.29, 0.717) is 17.4 Å². The van der Waals surface area contributed by atoms with Gasteiger partial charge in [0.05, 0.1) is 27.7 Å². The molecule has 0 saturated carbocycles. The summed E-state index contributed by atoms with van der Waals surface area (Å²) in [5, 5.41) is 0. The predicted octanol–water partition coefficient (Wildman–Crippen LogP) is 11.6. The molecule has 0 heterocycles. The van der Waals surface area contributed by atoms with E-state index in [4.69, 9.17) is 18.5 Å². The number of quaternary nitrogens is 1. The molecule has 0 aliphatic rings. The van der Waals surface area contributed by atoms with Gasteiger partial charge in [0.1, 0.15) is 19.8 Å². The van der Waals surface area contributed by atoms with Gasteiger partial charge in [-0.2, -0.15) is 0 Å². The zero-order valence-corrected chi connectivity index (χ0v) is 36.1. The summed E-state index contributed by atoms with van der Waals surface area (Å²) < 4.78 is 33.8. The maximum Gasteiger partial charge on any atom is 0.306 e. The molecule has 0 fully saturated rings. The summed E-state index contributed by atoms with van der Waals surface area (Å²) in [7, 11) is 1.16. The Balaban J connectivity index is 4.37. The molecule has 0 radical (unpaired) electrons. The fourth-order valence-electron chi connectivity index (χ4n) is 6.06. The number of unbranched alkanes of at least 4 members (excludes halogenated alkanes) is 24. The lowest BCUT2D eigenvalue weighted by Gasteiger charge is -2.28. The van der Waals surface area contributed by atoms with Crippen molar-refractivity contribution in [1.82, 2.24) is 0 Å². The first-order valence-corrected chi connectivity index (χ1v) is 23.4. The van der Waals surface area contributed by atoms with E-state index in [9.17, 15) is 19.0 Å². The lowest BCUT2D eigenvalue weighted by atomic mass is 10.0. The van der Waals surface area contributed by atoms with Crippen LogP contribution in [-0.4, -0.2) is 70.0 Å². The van der Waals surface area contributed by atoms with Crippen molar-refractivity contribution in [2.24, 2.45) is 0 Å². The molecule has 0 bridgehead atoms. The quantitative estimate of drug-likeness (QED) is 0.0199. The molecule has 10 heteroatoms. The van der Waals surface area contributed by atoms with Gasteiger partial charge in [-0.3, -0.25) is 14.2 Å². The molecule has 53 heavy (non-hydrogen) atoms. The summed E-state index contributed by atoms with van der Waals surface area (Å²) in [4.78, 5) is 37.5. The summed E-state index contributed by atoms with van der Waals surface area (Å²) in [6.07, 6.45) is 36.6. The molecular weight excluding hydrogens is 689 g/mol. The van der Waals surface area contributed by atoms with Crippen LogP contribution in [0.25, 0.3) is 0 Å². The summed E-state index contributed by atoms with van der Waals surface area (Å²) in [5.74, 6) is -0.851. The standard InChI is InChI=1S/C43H84NO8P/c1-6-8-10-12-14-16-18-20-22-24-26-28-30-32-34-36-43(46)52-41(40-51-53(47,48)50-38-37-44(3,4)5)39-49-42(45)35-33-31-29-27-25-23-21-19-17-15-13-11-9-7-2/h26,28,41H,6-25,27,29-40H2,1-5H3/b28-26+/t41-/m1/s1. The number of carbonyl (C=O) groups is 2. The molecule has 0 aliphatic carbocycles. The lowest BCUT2D eigenvalue weighted by Crippen LogP contribution is -2.37. The lowest BCUT2D eigenvalue weighted by molar-refractivity contribution is -0.870. The molecule has 314 valence electrons. The number of ether oxygens (including phenoxy) is 2. The van der Waals surface area contributed by atoms with Crippen molar-refractivity contribution in [1.29, 1.82) is 0 Å². The van der Waals surface area contributed by atoms with Crippen LogP contribution in [0.3, 0.4) is 0 Å². The fraction of sp³-hybridized carbons (Fsp3) is 0.907. The van der Waals surface area contributed by atoms with Gasteiger partial charge in [-0.1, -0.05) is 161 Å². The number of phosphoric ester groups is 1. The SMILES string of the molecule is CCCCCCCCCCC/C=C/CCCCC(=O)O[C@H](COC(=O)CCCCCCCCCCCCCCCC)COP(=O)([O-])OCC[N+](C)(C)C. The first-order valence-electron chi connectivity index (χ1n) is 21.9. The summed E-state index contributed by atoms with van der Waals surface area (Å²) >= 11 is 0. The molecule has 0 saturated heterocycles.